The summed E-state index contributed by atoms with van der Waals surface area (Å²) >= 11 is 0. The molecule has 0 radical (unpaired) electrons. The Balaban J connectivity index is 1.56. The molecule has 162 valence electrons. The average Bonchev–Trinajstić information content (AvgIpc) is 2.77. The van der Waals surface area contributed by atoms with Crippen LogP contribution in [0.2, 0.25) is 0 Å². The van der Waals surface area contributed by atoms with Crippen molar-refractivity contribution in [3.8, 4) is 11.5 Å². The molecule has 0 bridgehead atoms. The van der Waals surface area contributed by atoms with Gasteiger partial charge in [-0.25, -0.2) is 4.79 Å². The lowest BCUT2D eigenvalue weighted by Crippen LogP contribution is -2.30. The van der Waals surface area contributed by atoms with Gasteiger partial charge < -0.3 is 23.9 Å². The molecule has 1 aromatic heterocycles. The number of fused-ring (bicyclic) bond motifs is 1. The Morgan fingerprint density at radius 3 is 2.58 bits per heavy atom. The van der Waals surface area contributed by atoms with Crippen LogP contribution in [0, 0.1) is 0 Å². The van der Waals surface area contributed by atoms with E-state index in [-0.39, 0.29) is 29.9 Å². The SMILES string of the molecule is COCCNC(=O)c1cc2ccc(OC(=O)CCCOc3ccccc3)cc2oc1=O. The molecule has 0 unspecified atom stereocenters. The van der Waals surface area contributed by atoms with E-state index < -0.39 is 17.5 Å². The molecule has 0 aliphatic rings. The van der Waals surface area contributed by atoms with Crippen LogP contribution in [0.5, 0.6) is 11.5 Å². The second-order valence-electron chi connectivity index (χ2n) is 6.64. The molecule has 8 nitrogen and oxygen atoms in total. The zero-order chi connectivity index (χ0) is 22.1. The fourth-order valence-electron chi connectivity index (χ4n) is 2.78. The number of para-hydroxylation sites is 1. The number of hydrogen-bond acceptors (Lipinski definition) is 7. The number of rotatable bonds is 10. The maximum absolute atomic E-state index is 12.2. The maximum Gasteiger partial charge on any atom is 0.349 e. The molecule has 1 amide bonds. The monoisotopic (exact) mass is 425 g/mol. The topological polar surface area (TPSA) is 104 Å². The molecule has 0 aliphatic carbocycles. The summed E-state index contributed by atoms with van der Waals surface area (Å²) in [4.78, 5) is 36.3. The first-order valence-corrected chi connectivity index (χ1v) is 9.80. The number of amides is 1. The smallest absolute Gasteiger partial charge is 0.349 e. The first kappa shape index (κ1) is 22.0. The van der Waals surface area contributed by atoms with Crippen molar-refractivity contribution in [1.82, 2.24) is 5.32 Å². The van der Waals surface area contributed by atoms with Gasteiger partial charge in [-0.15, -0.1) is 0 Å². The molecule has 0 saturated carbocycles. The molecule has 2 aromatic carbocycles. The highest BCUT2D eigenvalue weighted by molar-refractivity contribution is 5.96. The lowest BCUT2D eigenvalue weighted by Gasteiger charge is -2.08. The van der Waals surface area contributed by atoms with Crippen LogP contribution < -0.4 is 20.4 Å². The van der Waals surface area contributed by atoms with E-state index in [1.807, 2.05) is 30.3 Å². The number of nitrogens with one attached hydrogen (secondary N) is 1. The predicted molar refractivity (Wildman–Crippen MR) is 113 cm³/mol. The first-order chi connectivity index (χ1) is 15.1. The summed E-state index contributed by atoms with van der Waals surface area (Å²) in [6.45, 7) is 0.997. The van der Waals surface area contributed by atoms with Crippen molar-refractivity contribution in [2.75, 3.05) is 26.9 Å². The number of ether oxygens (including phenoxy) is 3. The first-order valence-electron chi connectivity index (χ1n) is 9.80. The zero-order valence-electron chi connectivity index (χ0n) is 17.1. The average molecular weight is 425 g/mol. The fraction of sp³-hybridized carbons (Fsp3) is 0.261. The van der Waals surface area contributed by atoms with Crippen LogP contribution in [0.25, 0.3) is 11.0 Å². The number of hydrogen-bond donors (Lipinski definition) is 1. The zero-order valence-corrected chi connectivity index (χ0v) is 17.1. The van der Waals surface area contributed by atoms with Crippen LogP contribution in [-0.4, -0.2) is 38.7 Å². The van der Waals surface area contributed by atoms with Gasteiger partial charge in [0.15, 0.2) is 0 Å². The number of esters is 1. The van der Waals surface area contributed by atoms with Crippen molar-refractivity contribution in [3.05, 3.63) is 70.6 Å². The third kappa shape index (κ3) is 6.42. The Kier molecular flexibility index (Phi) is 7.78. The molecule has 0 spiro atoms. The van der Waals surface area contributed by atoms with Gasteiger partial charge in [-0.3, -0.25) is 9.59 Å². The van der Waals surface area contributed by atoms with E-state index in [0.717, 1.165) is 5.75 Å². The minimum atomic E-state index is -0.774. The van der Waals surface area contributed by atoms with E-state index in [4.69, 9.17) is 18.6 Å². The largest absolute Gasteiger partial charge is 0.494 e. The Morgan fingerprint density at radius 2 is 1.81 bits per heavy atom. The molecule has 1 N–H and O–H groups in total. The standard InChI is InChI=1S/C23H23NO7/c1-28-13-11-24-22(26)19-14-16-9-10-18(15-20(16)31-23(19)27)30-21(25)8-5-12-29-17-6-3-2-4-7-17/h2-4,6-7,9-10,14-15H,5,8,11-13H2,1H3,(H,24,26). The Morgan fingerprint density at radius 1 is 1.00 bits per heavy atom. The minimum absolute atomic E-state index is 0.105. The molecule has 1 heterocycles. The predicted octanol–water partition coefficient (Wildman–Crippen LogP) is 2.93. The number of carbonyl (C=O) groups excluding carboxylic acids is 2. The van der Waals surface area contributed by atoms with Crippen LogP contribution in [0.15, 0.2) is 63.8 Å². The van der Waals surface area contributed by atoms with Gasteiger partial charge in [0.25, 0.3) is 5.91 Å². The molecule has 0 aliphatic heterocycles. The highest BCUT2D eigenvalue weighted by Crippen LogP contribution is 2.21. The van der Waals surface area contributed by atoms with Gasteiger partial charge in [-0.2, -0.15) is 0 Å². The van der Waals surface area contributed by atoms with Crippen LogP contribution in [0.1, 0.15) is 23.2 Å². The van der Waals surface area contributed by atoms with Crippen LogP contribution in [0.3, 0.4) is 0 Å². The van der Waals surface area contributed by atoms with E-state index >= 15 is 0 Å². The van der Waals surface area contributed by atoms with E-state index in [1.54, 1.807) is 12.1 Å². The van der Waals surface area contributed by atoms with Crippen molar-refractivity contribution in [1.29, 1.82) is 0 Å². The molecule has 3 rings (SSSR count). The van der Waals surface area contributed by atoms with Crippen LogP contribution in [0.4, 0.5) is 0 Å². The van der Waals surface area contributed by atoms with Crippen molar-refractivity contribution in [2.45, 2.75) is 12.8 Å². The normalized spacial score (nSPS) is 10.6. The van der Waals surface area contributed by atoms with E-state index in [1.165, 1.54) is 19.2 Å². The lowest BCUT2D eigenvalue weighted by molar-refractivity contribution is -0.134. The summed E-state index contributed by atoms with van der Waals surface area (Å²) in [5.74, 6) is 0.0301. The molecule has 3 aromatic rings. The number of benzene rings is 2. The van der Waals surface area contributed by atoms with Crippen molar-refractivity contribution in [2.24, 2.45) is 0 Å². The lowest BCUT2D eigenvalue weighted by atomic mass is 10.1. The van der Waals surface area contributed by atoms with E-state index in [2.05, 4.69) is 5.32 Å². The Bertz CT molecular complexity index is 1090. The molecule has 8 heteroatoms. The Hall–Kier alpha value is -3.65. The third-order valence-corrected chi connectivity index (χ3v) is 4.31. The number of methoxy groups -OCH3 is 1. The molecule has 31 heavy (non-hydrogen) atoms. The summed E-state index contributed by atoms with van der Waals surface area (Å²) in [6.07, 6.45) is 0.674. The van der Waals surface area contributed by atoms with Gasteiger partial charge in [0.05, 0.1) is 13.2 Å². The fourth-order valence-corrected chi connectivity index (χ4v) is 2.78. The molecule has 0 saturated heterocycles. The van der Waals surface area contributed by atoms with Gasteiger partial charge in [-0.1, -0.05) is 18.2 Å². The second-order valence-corrected chi connectivity index (χ2v) is 6.64. The second kappa shape index (κ2) is 10.9. The third-order valence-electron chi connectivity index (χ3n) is 4.31. The van der Waals surface area contributed by atoms with Crippen LogP contribution in [-0.2, 0) is 9.53 Å². The molecule has 0 atom stereocenters. The van der Waals surface area contributed by atoms with Crippen LogP contribution >= 0.6 is 0 Å². The summed E-state index contributed by atoms with van der Waals surface area (Å²) in [5.41, 5.74) is -0.660. The van der Waals surface area contributed by atoms with Gasteiger partial charge in [0.1, 0.15) is 22.6 Å². The highest BCUT2D eigenvalue weighted by Gasteiger charge is 2.14. The summed E-state index contributed by atoms with van der Waals surface area (Å²) in [5, 5.41) is 3.11. The summed E-state index contributed by atoms with van der Waals surface area (Å²) in [7, 11) is 1.51. The quantitative estimate of drug-likeness (QED) is 0.230. The number of carbonyl (C=O) groups is 2. The molecular weight excluding hydrogens is 402 g/mol. The van der Waals surface area contributed by atoms with Crippen molar-refractivity contribution < 1.29 is 28.2 Å². The van der Waals surface area contributed by atoms with E-state index in [9.17, 15) is 14.4 Å². The van der Waals surface area contributed by atoms with Gasteiger partial charge in [0.2, 0.25) is 0 Å². The maximum atomic E-state index is 12.2. The molecular formula is C23H23NO7. The van der Waals surface area contributed by atoms with Gasteiger partial charge in [0, 0.05) is 31.5 Å². The summed E-state index contributed by atoms with van der Waals surface area (Å²) < 4.78 is 20.9. The summed E-state index contributed by atoms with van der Waals surface area (Å²) in [6, 6.07) is 15.4. The van der Waals surface area contributed by atoms with Crippen molar-refractivity contribution >= 4 is 22.8 Å². The highest BCUT2D eigenvalue weighted by atomic mass is 16.5. The molecule has 0 fully saturated rings. The van der Waals surface area contributed by atoms with Gasteiger partial charge >= 0.3 is 11.6 Å². The van der Waals surface area contributed by atoms with Crippen molar-refractivity contribution in [3.63, 3.8) is 0 Å². The minimum Gasteiger partial charge on any atom is -0.494 e. The Labute approximate surface area is 178 Å². The van der Waals surface area contributed by atoms with E-state index in [0.29, 0.717) is 25.0 Å². The van der Waals surface area contributed by atoms with Gasteiger partial charge in [-0.05, 0) is 36.8 Å².